The molecule has 0 unspecified atom stereocenters. The Balaban J connectivity index is 3.26. The van der Waals surface area contributed by atoms with Crippen molar-refractivity contribution in [2.75, 3.05) is 13.2 Å². The predicted molar refractivity (Wildman–Crippen MR) is 50.6 cm³/mol. The van der Waals surface area contributed by atoms with Gasteiger partial charge in [0, 0.05) is 10.3 Å². The minimum absolute atomic E-state index is 0.709. The van der Waals surface area contributed by atoms with E-state index in [4.69, 9.17) is 10.2 Å². The number of nitrogens with zero attached hydrogens (tertiary/aromatic N) is 6. The normalized spacial score (nSPS) is 12.4. The molecule has 1 aromatic rings. The average Bonchev–Trinajstić information content (AvgIpc) is 2.79. The van der Waals surface area contributed by atoms with Gasteiger partial charge in [-0.3, -0.25) is 10.1 Å². The van der Waals surface area contributed by atoms with Crippen molar-refractivity contribution in [2.45, 2.75) is 5.66 Å². The minimum atomic E-state index is -2.90. The summed E-state index contributed by atoms with van der Waals surface area (Å²) in [5, 5.41) is 58.8. The first-order valence-corrected chi connectivity index (χ1v) is 4.41. The molecular formula is C5H6N6O8. The molecule has 0 aliphatic rings. The van der Waals surface area contributed by atoms with Gasteiger partial charge in [0.2, 0.25) is 0 Å². The first kappa shape index (κ1) is 14.3. The number of azo groups is 1. The number of nitro groups is 2. The standard InChI is InChI=1S/C5H6N6O8/c12-1-5(2-13,11(17)18)10(16)6-3-4(9(14)15)8-19-7-3/h12-13H,1-2H2. The van der Waals surface area contributed by atoms with Crippen molar-refractivity contribution in [1.82, 2.24) is 10.3 Å². The van der Waals surface area contributed by atoms with Crippen LogP contribution < -0.4 is 0 Å². The highest BCUT2D eigenvalue weighted by atomic mass is 16.7. The molecule has 14 heteroatoms. The van der Waals surface area contributed by atoms with E-state index in [1.165, 1.54) is 0 Å². The van der Waals surface area contributed by atoms with E-state index in [1.807, 2.05) is 0 Å². The number of hydrogen-bond acceptors (Lipinski definition) is 11. The van der Waals surface area contributed by atoms with Crippen LogP contribution in [-0.2, 0) is 0 Å². The molecule has 0 saturated heterocycles. The number of aliphatic hydroxyl groups excluding tert-OH is 2. The fourth-order valence-electron chi connectivity index (χ4n) is 0.893. The maximum absolute atomic E-state index is 11.5. The zero-order chi connectivity index (χ0) is 14.6. The third-order valence-electron chi connectivity index (χ3n) is 2.02. The van der Waals surface area contributed by atoms with Gasteiger partial charge in [0.1, 0.15) is 4.92 Å². The molecule has 1 aromatic heterocycles. The van der Waals surface area contributed by atoms with Gasteiger partial charge < -0.3 is 25.5 Å². The third kappa shape index (κ3) is 2.43. The quantitative estimate of drug-likeness (QED) is 0.203. The molecule has 0 aromatic carbocycles. The summed E-state index contributed by atoms with van der Waals surface area (Å²) in [6.45, 7) is -2.77. The van der Waals surface area contributed by atoms with Gasteiger partial charge in [0.05, 0.1) is 0 Å². The first-order valence-electron chi connectivity index (χ1n) is 4.41. The number of hydroxylamine groups is 1. The number of hydrogen-bond donors (Lipinski definition) is 2. The smallest absolute Gasteiger partial charge is 0.483 e. The molecule has 1 rings (SSSR count). The average molecular weight is 278 g/mol. The van der Waals surface area contributed by atoms with Gasteiger partial charge in [-0.15, -0.1) is 4.63 Å². The van der Waals surface area contributed by atoms with Crippen LogP contribution in [0.15, 0.2) is 9.74 Å². The molecular weight excluding hydrogens is 272 g/mol. The van der Waals surface area contributed by atoms with Gasteiger partial charge in [-0.25, -0.2) is 0 Å². The molecule has 1 heterocycles. The van der Waals surface area contributed by atoms with Crippen molar-refractivity contribution < 1.29 is 29.5 Å². The Morgan fingerprint density at radius 1 is 1.21 bits per heavy atom. The van der Waals surface area contributed by atoms with Crippen molar-refractivity contribution >= 4 is 11.6 Å². The van der Waals surface area contributed by atoms with E-state index in [9.17, 15) is 25.4 Å². The summed E-state index contributed by atoms with van der Waals surface area (Å²) in [6, 6.07) is 0. The molecule has 0 saturated carbocycles. The summed E-state index contributed by atoms with van der Waals surface area (Å²) < 4.78 is 3.95. The second kappa shape index (κ2) is 5.27. The van der Waals surface area contributed by atoms with Crippen LogP contribution in [0.3, 0.4) is 0 Å². The predicted octanol–water partition coefficient (Wildman–Crippen LogP) is -1.47. The van der Waals surface area contributed by atoms with E-state index in [1.54, 1.807) is 0 Å². The van der Waals surface area contributed by atoms with Gasteiger partial charge in [0.25, 0.3) is 0 Å². The second-order valence-electron chi connectivity index (χ2n) is 3.10. The molecule has 0 atom stereocenters. The van der Waals surface area contributed by atoms with Gasteiger partial charge in [-0.05, 0) is 9.78 Å². The molecule has 2 N–H and O–H groups in total. The summed E-state index contributed by atoms with van der Waals surface area (Å²) in [4.78, 5) is 18.0. The first-order chi connectivity index (χ1) is 8.89. The highest BCUT2D eigenvalue weighted by Crippen LogP contribution is 2.23. The third-order valence-corrected chi connectivity index (χ3v) is 2.02. The lowest BCUT2D eigenvalue weighted by Gasteiger charge is -2.15. The van der Waals surface area contributed by atoms with Crippen LogP contribution in [0.2, 0.25) is 0 Å². The van der Waals surface area contributed by atoms with E-state index in [0.717, 1.165) is 0 Å². The maximum Gasteiger partial charge on any atom is 0.483 e. The largest absolute Gasteiger partial charge is 0.594 e. The lowest BCUT2D eigenvalue weighted by atomic mass is 10.2. The van der Waals surface area contributed by atoms with Crippen molar-refractivity contribution in [3.05, 3.63) is 25.4 Å². The lowest BCUT2D eigenvalue weighted by molar-refractivity contribution is -0.817. The number of aromatic nitrogens is 2. The lowest BCUT2D eigenvalue weighted by Crippen LogP contribution is -2.53. The van der Waals surface area contributed by atoms with Crippen LogP contribution in [0.4, 0.5) is 11.6 Å². The fourth-order valence-corrected chi connectivity index (χ4v) is 0.893. The van der Waals surface area contributed by atoms with E-state index in [-0.39, 0.29) is 0 Å². The van der Waals surface area contributed by atoms with Crippen LogP contribution >= 0.6 is 0 Å². The molecule has 0 bridgehead atoms. The summed E-state index contributed by atoms with van der Waals surface area (Å²) in [5.41, 5.74) is -2.90. The van der Waals surface area contributed by atoms with Crippen molar-refractivity contribution in [2.24, 2.45) is 5.11 Å². The van der Waals surface area contributed by atoms with Crippen LogP contribution in [0.25, 0.3) is 0 Å². The van der Waals surface area contributed by atoms with Crippen molar-refractivity contribution in [3.8, 4) is 0 Å². The Bertz CT molecular complexity index is 519. The summed E-state index contributed by atoms with van der Waals surface area (Å²) in [7, 11) is 0. The molecule has 0 radical (unpaired) electrons. The Kier molecular flexibility index (Phi) is 3.97. The Labute approximate surface area is 102 Å². The molecule has 0 spiro atoms. The summed E-state index contributed by atoms with van der Waals surface area (Å²) >= 11 is 0. The van der Waals surface area contributed by atoms with Crippen LogP contribution in [-0.4, -0.2) is 54.1 Å². The summed E-state index contributed by atoms with van der Waals surface area (Å²) in [6.07, 6.45) is 0. The van der Waals surface area contributed by atoms with Gasteiger partial charge in [-0.1, -0.05) is 0 Å². The Morgan fingerprint density at radius 2 is 1.79 bits per heavy atom. The molecule has 0 aliphatic heterocycles. The van der Waals surface area contributed by atoms with Crippen molar-refractivity contribution in [3.63, 3.8) is 0 Å². The van der Waals surface area contributed by atoms with E-state index < -0.39 is 45.2 Å². The van der Waals surface area contributed by atoms with Crippen molar-refractivity contribution in [1.29, 1.82) is 0 Å². The molecule has 19 heavy (non-hydrogen) atoms. The Morgan fingerprint density at radius 3 is 2.21 bits per heavy atom. The highest BCUT2D eigenvalue weighted by Gasteiger charge is 2.54. The molecule has 0 aliphatic carbocycles. The van der Waals surface area contributed by atoms with Gasteiger partial charge in [-0.2, -0.15) is 0 Å². The van der Waals surface area contributed by atoms with E-state index in [0.29, 0.717) is 0 Å². The highest BCUT2D eigenvalue weighted by molar-refractivity contribution is 5.41. The topological polar surface area (TPSA) is 204 Å². The SMILES string of the molecule is O=[N+]([O-])c1nonc1N=[N+]([O-])C(CO)(CO)[N+](=O)[O-]. The number of aliphatic hydroxyl groups is 2. The summed E-state index contributed by atoms with van der Waals surface area (Å²) in [5.74, 6) is -1.98. The molecule has 0 amide bonds. The van der Waals surface area contributed by atoms with Gasteiger partial charge in [0.15, 0.2) is 18.4 Å². The second-order valence-corrected chi connectivity index (χ2v) is 3.10. The van der Waals surface area contributed by atoms with E-state index in [2.05, 4.69) is 20.1 Å². The minimum Gasteiger partial charge on any atom is -0.594 e. The Hall–Kier alpha value is -2.74. The zero-order valence-corrected chi connectivity index (χ0v) is 8.94. The van der Waals surface area contributed by atoms with E-state index >= 15 is 0 Å². The molecule has 14 nitrogen and oxygen atoms in total. The maximum atomic E-state index is 11.5. The fraction of sp³-hybridized carbons (Fsp3) is 0.600. The van der Waals surface area contributed by atoms with Crippen LogP contribution in [0, 0.1) is 25.4 Å². The molecule has 0 fully saturated rings. The number of rotatable bonds is 6. The van der Waals surface area contributed by atoms with Gasteiger partial charge >= 0.3 is 17.3 Å². The zero-order valence-electron chi connectivity index (χ0n) is 8.94. The molecule has 104 valence electrons. The van der Waals surface area contributed by atoms with Crippen LogP contribution in [0.5, 0.6) is 0 Å². The van der Waals surface area contributed by atoms with Crippen LogP contribution in [0.1, 0.15) is 0 Å². The monoisotopic (exact) mass is 278 g/mol.